The van der Waals surface area contributed by atoms with E-state index in [2.05, 4.69) is 41.7 Å². The molecule has 1 aliphatic rings. The highest BCUT2D eigenvalue weighted by Gasteiger charge is 2.38. The first-order valence-corrected chi connectivity index (χ1v) is 10.0. The Hall–Kier alpha value is -2.39. The molecular weight excluding hydrogens is 332 g/mol. The lowest BCUT2D eigenvalue weighted by atomic mass is 9.70. The van der Waals surface area contributed by atoms with E-state index in [1.807, 2.05) is 42.5 Å². The third-order valence-electron chi connectivity index (χ3n) is 5.72. The SMILES string of the molecule is C=CC[C@@](Cc1ccccc1)(NNC(=O)c1ccccc1)C1CCCCC1. The fourth-order valence-corrected chi connectivity index (χ4v) is 4.30. The molecule has 0 bridgehead atoms. The van der Waals surface area contributed by atoms with E-state index >= 15 is 0 Å². The first kappa shape index (κ1) is 19.4. The summed E-state index contributed by atoms with van der Waals surface area (Å²) in [7, 11) is 0. The molecule has 0 spiro atoms. The highest BCUT2D eigenvalue weighted by molar-refractivity contribution is 5.93. The molecule has 27 heavy (non-hydrogen) atoms. The molecule has 1 atom stereocenters. The van der Waals surface area contributed by atoms with Gasteiger partial charge in [0.2, 0.25) is 0 Å². The molecule has 2 N–H and O–H groups in total. The Morgan fingerprint density at radius 3 is 2.26 bits per heavy atom. The largest absolute Gasteiger partial charge is 0.287 e. The zero-order valence-corrected chi connectivity index (χ0v) is 16.0. The lowest BCUT2D eigenvalue weighted by Crippen LogP contribution is -2.59. The van der Waals surface area contributed by atoms with Crippen LogP contribution in [-0.2, 0) is 6.42 Å². The van der Waals surface area contributed by atoms with Gasteiger partial charge >= 0.3 is 0 Å². The minimum Gasteiger partial charge on any atom is -0.287 e. The third-order valence-corrected chi connectivity index (χ3v) is 5.72. The van der Waals surface area contributed by atoms with Crippen molar-refractivity contribution in [2.45, 2.75) is 50.5 Å². The lowest BCUT2D eigenvalue weighted by Gasteiger charge is -2.43. The van der Waals surface area contributed by atoms with Gasteiger partial charge in [-0.25, -0.2) is 5.43 Å². The highest BCUT2D eigenvalue weighted by Crippen LogP contribution is 2.37. The predicted molar refractivity (Wildman–Crippen MR) is 111 cm³/mol. The molecule has 0 saturated heterocycles. The van der Waals surface area contributed by atoms with E-state index in [4.69, 9.17) is 0 Å². The lowest BCUT2D eigenvalue weighted by molar-refractivity contribution is 0.0840. The summed E-state index contributed by atoms with van der Waals surface area (Å²) in [4.78, 5) is 12.6. The maximum absolute atomic E-state index is 12.6. The molecule has 0 unspecified atom stereocenters. The van der Waals surface area contributed by atoms with Gasteiger partial charge in [-0.05, 0) is 49.3 Å². The minimum absolute atomic E-state index is 0.0899. The number of rotatable bonds is 8. The number of amides is 1. The van der Waals surface area contributed by atoms with Crippen molar-refractivity contribution < 1.29 is 4.79 Å². The van der Waals surface area contributed by atoms with Crippen LogP contribution in [-0.4, -0.2) is 11.4 Å². The van der Waals surface area contributed by atoms with Gasteiger partial charge in [-0.2, -0.15) is 0 Å². The summed E-state index contributed by atoms with van der Waals surface area (Å²) in [6.45, 7) is 4.01. The molecule has 0 radical (unpaired) electrons. The summed E-state index contributed by atoms with van der Waals surface area (Å²) in [5, 5.41) is 0. The Morgan fingerprint density at radius 1 is 1.00 bits per heavy atom. The molecule has 3 nitrogen and oxygen atoms in total. The number of hydrogen-bond acceptors (Lipinski definition) is 2. The number of hydrogen-bond donors (Lipinski definition) is 2. The van der Waals surface area contributed by atoms with Crippen molar-refractivity contribution in [3.63, 3.8) is 0 Å². The molecule has 0 aromatic heterocycles. The van der Waals surface area contributed by atoms with Crippen LogP contribution in [0.1, 0.15) is 54.4 Å². The van der Waals surface area contributed by atoms with Gasteiger partial charge < -0.3 is 0 Å². The molecule has 2 aromatic carbocycles. The van der Waals surface area contributed by atoms with Crippen molar-refractivity contribution in [1.82, 2.24) is 10.9 Å². The minimum atomic E-state index is -0.214. The normalized spacial score (nSPS) is 17.0. The van der Waals surface area contributed by atoms with Crippen molar-refractivity contribution in [1.29, 1.82) is 0 Å². The van der Waals surface area contributed by atoms with Gasteiger partial charge in [0, 0.05) is 11.1 Å². The first-order chi connectivity index (χ1) is 13.2. The molecule has 1 saturated carbocycles. The summed E-state index contributed by atoms with van der Waals surface area (Å²) in [5.41, 5.74) is 8.22. The molecule has 0 heterocycles. The summed E-state index contributed by atoms with van der Waals surface area (Å²) in [6.07, 6.45) is 9.88. The second-order valence-electron chi connectivity index (χ2n) is 7.59. The number of benzene rings is 2. The number of hydrazine groups is 1. The van der Waals surface area contributed by atoms with Crippen LogP contribution >= 0.6 is 0 Å². The van der Waals surface area contributed by atoms with E-state index in [-0.39, 0.29) is 11.4 Å². The molecule has 3 heteroatoms. The van der Waals surface area contributed by atoms with E-state index < -0.39 is 0 Å². The third kappa shape index (κ3) is 5.08. The van der Waals surface area contributed by atoms with Crippen molar-refractivity contribution in [3.8, 4) is 0 Å². The van der Waals surface area contributed by atoms with Crippen LogP contribution in [0.4, 0.5) is 0 Å². The van der Waals surface area contributed by atoms with Crippen LogP contribution in [0.25, 0.3) is 0 Å². The summed E-state index contributed by atoms with van der Waals surface area (Å²) in [6, 6.07) is 19.9. The molecule has 1 fully saturated rings. The Morgan fingerprint density at radius 2 is 1.63 bits per heavy atom. The molecule has 1 aliphatic carbocycles. The standard InChI is InChI=1S/C24H30N2O/c1-2-18-24(22-16-10-5-11-17-22,19-20-12-6-3-7-13-20)26-25-23(27)21-14-8-4-9-15-21/h2-4,6-9,12-15,22,26H,1,5,10-11,16-19H2,(H,25,27)/t24-/m0/s1. The fourth-order valence-electron chi connectivity index (χ4n) is 4.30. The summed E-state index contributed by atoms with van der Waals surface area (Å²) < 4.78 is 0. The van der Waals surface area contributed by atoms with Crippen molar-refractivity contribution in [3.05, 3.63) is 84.4 Å². The fraction of sp³-hybridized carbons (Fsp3) is 0.375. The molecule has 142 valence electrons. The van der Waals surface area contributed by atoms with Crippen molar-refractivity contribution in [2.24, 2.45) is 5.92 Å². The van der Waals surface area contributed by atoms with E-state index in [1.165, 1.54) is 37.7 Å². The van der Waals surface area contributed by atoms with Crippen LogP contribution < -0.4 is 10.9 Å². The Balaban J connectivity index is 1.82. The zero-order valence-electron chi connectivity index (χ0n) is 16.0. The van der Waals surface area contributed by atoms with Gasteiger partial charge in [0.15, 0.2) is 0 Å². The molecular formula is C24H30N2O. The summed E-state index contributed by atoms with van der Waals surface area (Å²) in [5.74, 6) is 0.424. The number of carbonyl (C=O) groups excluding carboxylic acids is 1. The number of carbonyl (C=O) groups is 1. The Kier molecular flexibility index (Phi) is 6.83. The Labute approximate surface area is 162 Å². The van der Waals surface area contributed by atoms with Gasteiger partial charge in [0.1, 0.15) is 0 Å². The predicted octanol–water partition coefficient (Wildman–Crippen LogP) is 5.06. The van der Waals surface area contributed by atoms with Crippen LogP contribution in [0, 0.1) is 5.92 Å². The molecule has 2 aromatic rings. The maximum atomic E-state index is 12.6. The molecule has 0 aliphatic heterocycles. The van der Waals surface area contributed by atoms with Crippen LogP contribution in [0.2, 0.25) is 0 Å². The van der Waals surface area contributed by atoms with Crippen LogP contribution in [0.5, 0.6) is 0 Å². The van der Waals surface area contributed by atoms with Gasteiger partial charge in [0.25, 0.3) is 5.91 Å². The second kappa shape index (κ2) is 9.52. The zero-order chi connectivity index (χ0) is 19.0. The number of nitrogens with one attached hydrogen (secondary N) is 2. The Bertz CT molecular complexity index is 723. The van der Waals surface area contributed by atoms with Crippen LogP contribution in [0.3, 0.4) is 0 Å². The van der Waals surface area contributed by atoms with Gasteiger partial charge in [-0.15, -0.1) is 6.58 Å². The highest BCUT2D eigenvalue weighted by atomic mass is 16.2. The van der Waals surface area contributed by atoms with Crippen molar-refractivity contribution >= 4 is 5.91 Å². The van der Waals surface area contributed by atoms with Gasteiger partial charge in [-0.3, -0.25) is 10.2 Å². The van der Waals surface area contributed by atoms with E-state index in [0.717, 1.165) is 12.8 Å². The van der Waals surface area contributed by atoms with E-state index in [1.54, 1.807) is 0 Å². The van der Waals surface area contributed by atoms with Gasteiger partial charge in [-0.1, -0.05) is 73.9 Å². The average Bonchev–Trinajstić information content (AvgIpc) is 2.74. The first-order valence-electron chi connectivity index (χ1n) is 10.0. The molecule has 1 amide bonds. The van der Waals surface area contributed by atoms with Crippen LogP contribution in [0.15, 0.2) is 73.3 Å². The quantitative estimate of drug-likeness (QED) is 0.509. The second-order valence-corrected chi connectivity index (χ2v) is 7.59. The van der Waals surface area contributed by atoms with E-state index in [9.17, 15) is 4.79 Å². The van der Waals surface area contributed by atoms with Crippen molar-refractivity contribution in [2.75, 3.05) is 0 Å². The average molecular weight is 363 g/mol. The molecule has 3 rings (SSSR count). The summed E-state index contributed by atoms with van der Waals surface area (Å²) >= 11 is 0. The topological polar surface area (TPSA) is 41.1 Å². The van der Waals surface area contributed by atoms with E-state index in [0.29, 0.717) is 11.5 Å². The monoisotopic (exact) mass is 362 g/mol. The maximum Gasteiger partial charge on any atom is 0.265 e. The van der Waals surface area contributed by atoms with Gasteiger partial charge in [0.05, 0.1) is 0 Å². The smallest absolute Gasteiger partial charge is 0.265 e.